The lowest BCUT2D eigenvalue weighted by molar-refractivity contribution is -0.148. The molecule has 1 rings (SSSR count). The number of carbonyl (C=O) groups excluding carboxylic acids is 1. The van der Waals surface area contributed by atoms with Crippen molar-refractivity contribution >= 4 is 29.0 Å². The number of halogens is 2. The van der Waals surface area contributed by atoms with E-state index in [4.69, 9.17) is 23.2 Å². The SMILES string of the molecule is CCC(C)(CC(C)(C)C)C1C(=O)C(Cl)(Cl)C1C(C)C. The molecule has 3 atom stereocenters. The van der Waals surface area contributed by atoms with Crippen molar-refractivity contribution in [2.45, 2.75) is 65.6 Å². The lowest BCUT2D eigenvalue weighted by Crippen LogP contribution is -2.63. The van der Waals surface area contributed by atoms with E-state index in [-0.39, 0.29) is 28.4 Å². The molecule has 0 bridgehead atoms. The Hall–Kier alpha value is 0.250. The first kappa shape index (κ1) is 17.3. The number of carbonyl (C=O) groups is 1. The molecule has 0 aromatic heterocycles. The van der Waals surface area contributed by atoms with Crippen molar-refractivity contribution in [3.05, 3.63) is 0 Å². The predicted molar refractivity (Wildman–Crippen MR) is 83.7 cm³/mol. The van der Waals surface area contributed by atoms with Gasteiger partial charge in [-0.15, -0.1) is 0 Å². The first-order valence-corrected chi connectivity index (χ1v) is 8.04. The van der Waals surface area contributed by atoms with Crippen LogP contribution >= 0.6 is 23.2 Å². The van der Waals surface area contributed by atoms with E-state index in [9.17, 15) is 4.79 Å². The summed E-state index contributed by atoms with van der Waals surface area (Å²) < 4.78 is -1.17. The van der Waals surface area contributed by atoms with Crippen LogP contribution in [0.3, 0.4) is 0 Å². The second kappa shape index (κ2) is 5.22. The Morgan fingerprint density at radius 1 is 1.21 bits per heavy atom. The van der Waals surface area contributed by atoms with Gasteiger partial charge in [0, 0.05) is 11.8 Å². The van der Waals surface area contributed by atoms with Crippen LogP contribution in [0, 0.1) is 28.6 Å². The maximum absolute atomic E-state index is 12.4. The summed E-state index contributed by atoms with van der Waals surface area (Å²) in [7, 11) is 0. The van der Waals surface area contributed by atoms with E-state index in [0.29, 0.717) is 5.92 Å². The number of alkyl halides is 2. The molecule has 1 nitrogen and oxygen atoms in total. The first-order chi connectivity index (χ1) is 8.37. The van der Waals surface area contributed by atoms with E-state index < -0.39 is 4.33 Å². The molecule has 0 saturated heterocycles. The molecule has 0 aromatic rings. The Morgan fingerprint density at radius 3 is 2.00 bits per heavy atom. The topological polar surface area (TPSA) is 17.1 Å². The summed E-state index contributed by atoms with van der Waals surface area (Å²) in [5, 5.41) is 0. The van der Waals surface area contributed by atoms with Crippen LogP contribution in [0.25, 0.3) is 0 Å². The number of Topliss-reactive ketones (excluding diaryl/α,β-unsaturated/α-hetero) is 1. The second-order valence-electron chi connectivity index (χ2n) is 7.98. The van der Waals surface area contributed by atoms with Crippen LogP contribution in [-0.2, 0) is 4.79 Å². The molecule has 3 heteroatoms. The highest BCUT2D eigenvalue weighted by molar-refractivity contribution is 6.60. The van der Waals surface area contributed by atoms with Crippen molar-refractivity contribution in [1.82, 2.24) is 0 Å². The number of ketones is 1. The third-order valence-corrected chi connectivity index (χ3v) is 5.48. The van der Waals surface area contributed by atoms with Crippen molar-refractivity contribution in [2.75, 3.05) is 0 Å². The molecular formula is C16H28Cl2O. The minimum atomic E-state index is -1.17. The highest BCUT2D eigenvalue weighted by Gasteiger charge is 2.65. The van der Waals surface area contributed by atoms with Crippen molar-refractivity contribution in [2.24, 2.45) is 28.6 Å². The molecule has 1 aliphatic rings. The largest absolute Gasteiger partial charge is 0.296 e. The zero-order valence-electron chi connectivity index (χ0n) is 13.3. The Balaban J connectivity index is 3.08. The molecule has 0 N–H and O–H groups in total. The summed E-state index contributed by atoms with van der Waals surface area (Å²) in [6.07, 6.45) is 1.99. The van der Waals surface area contributed by atoms with Gasteiger partial charge in [0.05, 0.1) is 0 Å². The minimum absolute atomic E-state index is 0.00766. The number of hydrogen-bond acceptors (Lipinski definition) is 1. The van der Waals surface area contributed by atoms with Crippen molar-refractivity contribution in [1.29, 1.82) is 0 Å². The molecule has 0 radical (unpaired) electrons. The van der Waals surface area contributed by atoms with Crippen LogP contribution in [0.1, 0.15) is 61.3 Å². The standard InChI is InChI=1S/C16H28Cl2O/c1-8-15(7,9-14(4,5)6)12-11(10(2)3)16(17,18)13(12)19/h10-12H,8-9H2,1-7H3. The molecule has 0 amide bonds. The molecule has 19 heavy (non-hydrogen) atoms. The molecule has 0 aliphatic heterocycles. The normalized spacial score (nSPS) is 30.1. The molecular weight excluding hydrogens is 279 g/mol. The van der Waals surface area contributed by atoms with Crippen LogP contribution in [0.2, 0.25) is 0 Å². The smallest absolute Gasteiger partial charge is 0.179 e. The van der Waals surface area contributed by atoms with E-state index in [1.165, 1.54) is 0 Å². The van der Waals surface area contributed by atoms with Crippen LogP contribution in [0.5, 0.6) is 0 Å². The molecule has 112 valence electrons. The van der Waals surface area contributed by atoms with Gasteiger partial charge in [-0.05, 0) is 29.6 Å². The zero-order valence-corrected chi connectivity index (χ0v) is 14.8. The summed E-state index contributed by atoms with van der Waals surface area (Å²) in [6.45, 7) is 15.3. The predicted octanol–water partition coefficient (Wildman–Crippen LogP) is 5.48. The fraction of sp³-hybridized carbons (Fsp3) is 0.938. The van der Waals surface area contributed by atoms with Gasteiger partial charge < -0.3 is 0 Å². The summed E-state index contributed by atoms with van der Waals surface area (Å²) in [6, 6.07) is 0. The summed E-state index contributed by atoms with van der Waals surface area (Å²) in [5.74, 6) is 0.411. The van der Waals surface area contributed by atoms with E-state index in [2.05, 4.69) is 48.5 Å². The van der Waals surface area contributed by atoms with Gasteiger partial charge in [-0.3, -0.25) is 4.79 Å². The maximum atomic E-state index is 12.4. The fourth-order valence-electron chi connectivity index (χ4n) is 3.87. The van der Waals surface area contributed by atoms with Gasteiger partial charge in [0.2, 0.25) is 0 Å². The monoisotopic (exact) mass is 306 g/mol. The maximum Gasteiger partial charge on any atom is 0.179 e. The minimum Gasteiger partial charge on any atom is -0.296 e. The summed E-state index contributed by atoms with van der Waals surface area (Å²) >= 11 is 12.5. The lowest BCUT2D eigenvalue weighted by Gasteiger charge is -2.56. The Kier molecular flexibility index (Phi) is 4.75. The Labute approximate surface area is 128 Å². The van der Waals surface area contributed by atoms with Crippen LogP contribution < -0.4 is 0 Å². The van der Waals surface area contributed by atoms with Crippen molar-refractivity contribution in [3.63, 3.8) is 0 Å². The van der Waals surface area contributed by atoms with Gasteiger partial charge in [-0.25, -0.2) is 0 Å². The Bertz CT molecular complexity index is 354. The molecule has 1 saturated carbocycles. The highest BCUT2D eigenvalue weighted by atomic mass is 35.5. The van der Waals surface area contributed by atoms with E-state index in [1.54, 1.807) is 0 Å². The number of rotatable bonds is 4. The first-order valence-electron chi connectivity index (χ1n) is 7.29. The average Bonchev–Trinajstić information content (AvgIpc) is 2.21. The van der Waals surface area contributed by atoms with E-state index in [0.717, 1.165) is 12.8 Å². The Morgan fingerprint density at radius 2 is 1.68 bits per heavy atom. The van der Waals surface area contributed by atoms with Crippen LogP contribution in [0.4, 0.5) is 0 Å². The quantitative estimate of drug-likeness (QED) is 0.628. The van der Waals surface area contributed by atoms with Crippen molar-refractivity contribution in [3.8, 4) is 0 Å². The van der Waals surface area contributed by atoms with Gasteiger partial charge >= 0.3 is 0 Å². The second-order valence-corrected chi connectivity index (χ2v) is 9.37. The third-order valence-electron chi connectivity index (χ3n) is 4.60. The molecule has 0 heterocycles. The molecule has 0 aromatic carbocycles. The third kappa shape index (κ3) is 3.13. The van der Waals surface area contributed by atoms with E-state index >= 15 is 0 Å². The summed E-state index contributed by atoms with van der Waals surface area (Å²) in [5.41, 5.74) is 0.182. The van der Waals surface area contributed by atoms with Gasteiger partial charge in [0.15, 0.2) is 10.1 Å². The summed E-state index contributed by atoms with van der Waals surface area (Å²) in [4.78, 5) is 12.4. The number of hydrogen-bond donors (Lipinski definition) is 0. The average molecular weight is 307 g/mol. The molecule has 1 aliphatic carbocycles. The molecule has 3 unspecified atom stereocenters. The zero-order chi connectivity index (χ0) is 15.2. The van der Waals surface area contributed by atoms with Gasteiger partial charge in [-0.1, -0.05) is 71.7 Å². The van der Waals surface area contributed by atoms with Crippen LogP contribution in [-0.4, -0.2) is 10.1 Å². The van der Waals surface area contributed by atoms with Crippen LogP contribution in [0.15, 0.2) is 0 Å². The lowest BCUT2D eigenvalue weighted by atomic mass is 9.52. The fourth-order valence-corrected chi connectivity index (χ4v) is 4.86. The van der Waals surface area contributed by atoms with Gasteiger partial charge in [-0.2, -0.15) is 0 Å². The highest BCUT2D eigenvalue weighted by Crippen LogP contribution is 2.61. The van der Waals surface area contributed by atoms with Crippen molar-refractivity contribution < 1.29 is 4.79 Å². The molecule has 1 fully saturated rings. The molecule has 0 spiro atoms. The van der Waals surface area contributed by atoms with E-state index in [1.807, 2.05) is 0 Å². The van der Waals surface area contributed by atoms with Gasteiger partial charge in [0.1, 0.15) is 0 Å². The van der Waals surface area contributed by atoms with Gasteiger partial charge in [0.25, 0.3) is 0 Å².